The van der Waals surface area contributed by atoms with Gasteiger partial charge in [-0.05, 0) is 37.3 Å². The average molecular weight is 542 g/mol. The van der Waals surface area contributed by atoms with Gasteiger partial charge in [-0.3, -0.25) is 14.6 Å². The van der Waals surface area contributed by atoms with E-state index in [0.717, 1.165) is 10.5 Å². The van der Waals surface area contributed by atoms with Crippen molar-refractivity contribution in [2.24, 2.45) is 0 Å². The number of hydrogen-bond acceptors (Lipinski definition) is 5. The number of rotatable bonds is 3. The van der Waals surface area contributed by atoms with E-state index in [2.05, 4.69) is 9.97 Å². The zero-order valence-corrected chi connectivity index (χ0v) is 20.4. The second-order valence-electron chi connectivity index (χ2n) is 8.63. The fourth-order valence-corrected chi connectivity index (χ4v) is 4.11. The molecule has 0 saturated heterocycles. The predicted octanol–water partition coefficient (Wildman–Crippen LogP) is 4.47. The van der Waals surface area contributed by atoms with Gasteiger partial charge in [-0.2, -0.15) is 13.2 Å². The number of alkyl halides is 3. The van der Waals surface area contributed by atoms with Crippen LogP contribution in [0.25, 0.3) is 11.0 Å². The molecule has 1 aliphatic heterocycles. The number of aromatic nitrogens is 2. The molecule has 1 atom stereocenters. The van der Waals surface area contributed by atoms with Crippen LogP contribution in [0.15, 0.2) is 66.7 Å². The first-order valence-electron chi connectivity index (χ1n) is 11.2. The quantitative estimate of drug-likeness (QED) is 0.299. The van der Waals surface area contributed by atoms with E-state index in [0.29, 0.717) is 33.4 Å². The third kappa shape index (κ3) is 4.86. The molecule has 2 heterocycles. The molecule has 0 bridgehead atoms. The summed E-state index contributed by atoms with van der Waals surface area (Å²) in [7, 11) is 1.39. The molecule has 1 unspecified atom stereocenters. The van der Waals surface area contributed by atoms with Crippen LogP contribution < -0.4 is 9.80 Å². The Hall–Kier alpha value is -4.91. The minimum atomic E-state index is -5.08. The summed E-state index contributed by atoms with van der Waals surface area (Å²) in [6.45, 7) is 1.95. The Labute approximate surface area is 218 Å². The van der Waals surface area contributed by atoms with Gasteiger partial charge in [-0.15, -0.1) is 0 Å². The highest BCUT2D eigenvalue weighted by atomic mass is 19.4. The van der Waals surface area contributed by atoms with Crippen molar-refractivity contribution >= 4 is 40.6 Å². The number of carbonyl (C=O) groups is 3. The van der Waals surface area contributed by atoms with E-state index >= 15 is 0 Å². The lowest BCUT2D eigenvalue weighted by Crippen LogP contribution is -2.45. The van der Waals surface area contributed by atoms with Crippen LogP contribution in [0.4, 0.5) is 29.6 Å². The monoisotopic (exact) mass is 542 g/mol. The van der Waals surface area contributed by atoms with Crippen LogP contribution in [-0.2, 0) is 10.5 Å². The molecule has 0 saturated carbocycles. The lowest BCUT2D eigenvalue weighted by atomic mass is 9.93. The Morgan fingerprint density at radius 2 is 1.64 bits per heavy atom. The van der Waals surface area contributed by atoms with Gasteiger partial charge in [0.05, 0.1) is 11.0 Å². The topological polar surface area (TPSA) is 147 Å². The van der Waals surface area contributed by atoms with Crippen molar-refractivity contribution in [3.05, 3.63) is 89.0 Å². The van der Waals surface area contributed by atoms with Crippen molar-refractivity contribution in [1.82, 2.24) is 9.97 Å². The van der Waals surface area contributed by atoms with E-state index in [1.807, 2.05) is 19.1 Å². The van der Waals surface area contributed by atoms with Gasteiger partial charge in [0.25, 0.3) is 5.91 Å². The van der Waals surface area contributed by atoms with Gasteiger partial charge in [0.1, 0.15) is 0 Å². The van der Waals surface area contributed by atoms with Crippen LogP contribution in [0.1, 0.15) is 27.0 Å². The number of carboxylic acid groups (broad SMARTS) is 2. The third-order valence-electron chi connectivity index (χ3n) is 6.07. The van der Waals surface area contributed by atoms with E-state index in [-0.39, 0.29) is 11.9 Å². The number of amides is 2. The molecule has 0 aliphatic carbocycles. The highest BCUT2D eigenvalue weighted by Gasteiger charge is 2.50. The molecule has 1 aromatic heterocycles. The van der Waals surface area contributed by atoms with Crippen molar-refractivity contribution in [2.45, 2.75) is 18.8 Å². The van der Waals surface area contributed by atoms with Crippen molar-refractivity contribution in [3.8, 4) is 0 Å². The van der Waals surface area contributed by atoms with E-state index in [9.17, 15) is 33.0 Å². The Morgan fingerprint density at radius 1 is 1.03 bits per heavy atom. The van der Waals surface area contributed by atoms with E-state index in [4.69, 9.17) is 9.90 Å². The summed E-state index contributed by atoms with van der Waals surface area (Å²) in [5.41, 5.74) is 2.29. The molecule has 0 radical (unpaired) electrons. The first kappa shape index (κ1) is 27.1. The minimum Gasteiger partial charge on any atom is -0.475 e. The zero-order chi connectivity index (χ0) is 28.7. The molecular formula is C26H21F3N4O6. The maximum atomic E-state index is 13.4. The number of imidazole rings is 1. The molecule has 10 nitrogen and oxygen atoms in total. The molecule has 5 rings (SSSR count). The number of hydrogen-bond donors (Lipinski definition) is 4. The number of aliphatic hydroxyl groups is 1. The smallest absolute Gasteiger partial charge is 0.475 e. The van der Waals surface area contributed by atoms with Crippen LogP contribution in [-0.4, -0.2) is 56.5 Å². The minimum absolute atomic E-state index is 0.162. The number of H-pyrrole nitrogens is 1. The summed E-state index contributed by atoms with van der Waals surface area (Å²) >= 11 is 0. The van der Waals surface area contributed by atoms with E-state index in [1.54, 1.807) is 54.6 Å². The summed E-state index contributed by atoms with van der Waals surface area (Å²) in [5, 5.41) is 28.5. The second-order valence-corrected chi connectivity index (χ2v) is 8.63. The second kappa shape index (κ2) is 9.76. The fourth-order valence-electron chi connectivity index (χ4n) is 4.11. The van der Waals surface area contributed by atoms with Crippen LogP contribution in [0.5, 0.6) is 0 Å². The van der Waals surface area contributed by atoms with Gasteiger partial charge in [-0.1, -0.05) is 42.0 Å². The standard InChI is InChI=1S/C24H20N4O4.C2HF3O2/c1-14-7-10-16(11-8-14)28-21(29)17-5-3-4-6-18(17)24(28,32)15-9-12-19-20(13-15)26-22(25-19)27(2)23(30)31;3-2(4,5)1(6)7/h3-13,32H,1-2H3,(H,25,26)(H,30,31);(H,6,7). The molecule has 3 aromatic carbocycles. The number of aryl methyl sites for hydroxylation is 1. The molecule has 0 fully saturated rings. The van der Waals surface area contributed by atoms with Gasteiger partial charge in [0, 0.05) is 29.4 Å². The highest BCUT2D eigenvalue weighted by Crippen LogP contribution is 2.45. The first-order valence-corrected chi connectivity index (χ1v) is 11.2. The van der Waals surface area contributed by atoms with E-state index in [1.165, 1.54) is 11.9 Å². The fraction of sp³-hybridized carbons (Fsp3) is 0.154. The number of halogens is 3. The number of fused-ring (bicyclic) bond motifs is 2. The van der Waals surface area contributed by atoms with Crippen LogP contribution in [0.2, 0.25) is 0 Å². The number of anilines is 2. The molecule has 1 aliphatic rings. The first-order chi connectivity index (χ1) is 18.2. The van der Waals surface area contributed by atoms with Crippen molar-refractivity contribution in [2.75, 3.05) is 16.8 Å². The molecule has 4 N–H and O–H groups in total. The highest BCUT2D eigenvalue weighted by molar-refractivity contribution is 6.12. The van der Waals surface area contributed by atoms with E-state index < -0.39 is 24.0 Å². The predicted molar refractivity (Wildman–Crippen MR) is 134 cm³/mol. The normalized spacial score (nSPS) is 16.5. The summed E-state index contributed by atoms with van der Waals surface area (Å²) in [4.78, 5) is 43.2. The summed E-state index contributed by atoms with van der Waals surface area (Å²) in [5.74, 6) is -2.90. The number of nitrogens with one attached hydrogen (secondary N) is 1. The third-order valence-corrected chi connectivity index (χ3v) is 6.07. The number of nitrogens with zero attached hydrogens (tertiary/aromatic N) is 3. The number of carbonyl (C=O) groups excluding carboxylic acids is 1. The Balaban J connectivity index is 0.000000448. The lowest BCUT2D eigenvalue weighted by molar-refractivity contribution is -0.192. The number of carboxylic acids is 1. The molecule has 39 heavy (non-hydrogen) atoms. The van der Waals surface area contributed by atoms with Gasteiger partial charge in [0.15, 0.2) is 5.72 Å². The summed E-state index contributed by atoms with van der Waals surface area (Å²) < 4.78 is 31.7. The Morgan fingerprint density at radius 3 is 2.23 bits per heavy atom. The van der Waals surface area contributed by atoms with Crippen molar-refractivity contribution < 1.29 is 42.9 Å². The van der Waals surface area contributed by atoms with Crippen LogP contribution in [0.3, 0.4) is 0 Å². The maximum absolute atomic E-state index is 13.4. The maximum Gasteiger partial charge on any atom is 0.490 e. The lowest BCUT2D eigenvalue weighted by Gasteiger charge is -2.35. The van der Waals surface area contributed by atoms with Gasteiger partial charge in [0.2, 0.25) is 5.95 Å². The number of aliphatic carboxylic acids is 1. The molecule has 13 heteroatoms. The molecule has 4 aromatic rings. The van der Waals surface area contributed by atoms with Crippen molar-refractivity contribution in [3.63, 3.8) is 0 Å². The van der Waals surface area contributed by atoms with Gasteiger partial charge < -0.3 is 20.3 Å². The summed E-state index contributed by atoms with van der Waals surface area (Å²) in [6, 6.07) is 19.5. The SMILES string of the molecule is Cc1ccc(N2C(=O)c3ccccc3C2(O)c2ccc3nc(N(C)C(=O)O)[nH]c3c2)cc1.O=C(O)C(F)(F)F. The van der Waals surface area contributed by atoms with Gasteiger partial charge >= 0.3 is 18.2 Å². The Kier molecular flexibility index (Phi) is 6.79. The number of aromatic amines is 1. The zero-order valence-electron chi connectivity index (χ0n) is 20.4. The Bertz CT molecular complexity index is 1580. The molecule has 202 valence electrons. The molecule has 2 amide bonds. The van der Waals surface area contributed by atoms with Gasteiger partial charge in [-0.25, -0.2) is 14.6 Å². The van der Waals surface area contributed by atoms with Crippen LogP contribution >= 0.6 is 0 Å². The van der Waals surface area contributed by atoms with Crippen LogP contribution in [0, 0.1) is 6.92 Å². The average Bonchev–Trinajstić information content (AvgIpc) is 3.41. The van der Waals surface area contributed by atoms with Crippen molar-refractivity contribution in [1.29, 1.82) is 0 Å². The number of benzene rings is 3. The summed E-state index contributed by atoms with van der Waals surface area (Å²) in [6.07, 6.45) is -6.23. The largest absolute Gasteiger partial charge is 0.490 e. The molecular weight excluding hydrogens is 521 g/mol. The molecule has 0 spiro atoms.